The highest BCUT2D eigenvalue weighted by atomic mass is 19.1. The second-order valence-corrected chi connectivity index (χ2v) is 4.77. The van der Waals surface area contributed by atoms with Gasteiger partial charge in [-0.3, -0.25) is 4.79 Å². The Bertz CT molecular complexity index is 600. The molecule has 102 valence electrons. The van der Waals surface area contributed by atoms with E-state index in [0.717, 1.165) is 17.7 Å². The largest absolute Gasteiger partial charge is 0.488 e. The molecule has 0 spiro atoms. The van der Waals surface area contributed by atoms with Crippen LogP contribution in [0.2, 0.25) is 0 Å². The van der Waals surface area contributed by atoms with Gasteiger partial charge < -0.3 is 10.1 Å². The number of carbonyl (C=O) groups is 1. The summed E-state index contributed by atoms with van der Waals surface area (Å²) in [5, 5.41) is 2.81. The van der Waals surface area contributed by atoms with Gasteiger partial charge in [-0.1, -0.05) is 18.2 Å². The van der Waals surface area contributed by atoms with E-state index in [1.165, 1.54) is 24.3 Å². The molecular formula is C16H14FNO2. The summed E-state index contributed by atoms with van der Waals surface area (Å²) in [5.74, 6) is 0.314. The average molecular weight is 271 g/mol. The summed E-state index contributed by atoms with van der Waals surface area (Å²) < 4.78 is 18.5. The summed E-state index contributed by atoms with van der Waals surface area (Å²) in [5.41, 5.74) is 1.61. The van der Waals surface area contributed by atoms with Gasteiger partial charge in [-0.15, -0.1) is 0 Å². The van der Waals surface area contributed by atoms with Gasteiger partial charge in [0.25, 0.3) is 5.91 Å². The predicted molar refractivity (Wildman–Crippen MR) is 73.3 cm³/mol. The number of halogens is 1. The van der Waals surface area contributed by atoms with Gasteiger partial charge in [0.05, 0.1) is 6.54 Å². The van der Waals surface area contributed by atoms with E-state index in [1.807, 2.05) is 24.3 Å². The standard InChI is InChI=1S/C16H14FNO2/c17-13-7-5-11(6-8-13)16(19)18-10-14-9-12-3-1-2-4-15(12)20-14/h1-8,14H,9-10H2,(H,18,19). The van der Waals surface area contributed by atoms with Crippen molar-refractivity contribution in [2.24, 2.45) is 0 Å². The van der Waals surface area contributed by atoms with Crippen molar-refractivity contribution in [3.63, 3.8) is 0 Å². The molecule has 1 atom stereocenters. The lowest BCUT2D eigenvalue weighted by atomic mass is 10.1. The van der Waals surface area contributed by atoms with Gasteiger partial charge in [0.15, 0.2) is 0 Å². The molecule has 1 unspecified atom stereocenters. The second kappa shape index (κ2) is 5.33. The Labute approximate surface area is 116 Å². The normalized spacial score (nSPS) is 16.4. The van der Waals surface area contributed by atoms with E-state index < -0.39 is 0 Å². The number of benzene rings is 2. The molecule has 1 N–H and O–H groups in total. The molecule has 1 amide bonds. The number of carbonyl (C=O) groups excluding carboxylic acids is 1. The third kappa shape index (κ3) is 2.64. The number of fused-ring (bicyclic) bond motifs is 1. The summed E-state index contributed by atoms with van der Waals surface area (Å²) in [6.45, 7) is 0.435. The highest BCUT2D eigenvalue weighted by molar-refractivity contribution is 5.94. The van der Waals surface area contributed by atoms with Crippen LogP contribution in [0.25, 0.3) is 0 Å². The van der Waals surface area contributed by atoms with E-state index in [4.69, 9.17) is 4.74 Å². The minimum Gasteiger partial charge on any atom is -0.488 e. The zero-order valence-corrected chi connectivity index (χ0v) is 10.8. The van der Waals surface area contributed by atoms with Crippen LogP contribution >= 0.6 is 0 Å². The fourth-order valence-electron chi connectivity index (χ4n) is 2.28. The molecule has 3 rings (SSSR count). The van der Waals surface area contributed by atoms with E-state index in [9.17, 15) is 9.18 Å². The van der Waals surface area contributed by atoms with Crippen molar-refractivity contribution in [3.8, 4) is 5.75 Å². The maximum absolute atomic E-state index is 12.8. The molecule has 0 bridgehead atoms. The van der Waals surface area contributed by atoms with Crippen molar-refractivity contribution >= 4 is 5.91 Å². The first kappa shape index (κ1) is 12.7. The zero-order valence-electron chi connectivity index (χ0n) is 10.8. The van der Waals surface area contributed by atoms with Crippen LogP contribution in [0.3, 0.4) is 0 Å². The van der Waals surface area contributed by atoms with Gasteiger partial charge in [-0.25, -0.2) is 4.39 Å². The summed E-state index contributed by atoms with van der Waals surface area (Å²) in [4.78, 5) is 11.9. The topological polar surface area (TPSA) is 38.3 Å². The highest BCUT2D eigenvalue weighted by Gasteiger charge is 2.22. The number of amides is 1. The molecule has 0 aromatic heterocycles. The smallest absolute Gasteiger partial charge is 0.251 e. The molecule has 0 radical (unpaired) electrons. The Morgan fingerprint density at radius 3 is 2.70 bits per heavy atom. The van der Waals surface area contributed by atoms with Crippen molar-refractivity contribution in [3.05, 3.63) is 65.5 Å². The van der Waals surface area contributed by atoms with Gasteiger partial charge in [-0.05, 0) is 35.9 Å². The van der Waals surface area contributed by atoms with Crippen LogP contribution in [-0.2, 0) is 6.42 Å². The number of hydrogen-bond acceptors (Lipinski definition) is 2. The monoisotopic (exact) mass is 271 g/mol. The van der Waals surface area contributed by atoms with Gasteiger partial charge in [0, 0.05) is 12.0 Å². The van der Waals surface area contributed by atoms with Crippen LogP contribution in [0.4, 0.5) is 4.39 Å². The minimum absolute atomic E-state index is 0.0446. The third-order valence-corrected chi connectivity index (χ3v) is 3.31. The Morgan fingerprint density at radius 1 is 1.20 bits per heavy atom. The molecule has 0 saturated carbocycles. The SMILES string of the molecule is O=C(NCC1Cc2ccccc2O1)c1ccc(F)cc1. The molecule has 3 nitrogen and oxygen atoms in total. The van der Waals surface area contributed by atoms with Crippen molar-refractivity contribution in [1.29, 1.82) is 0 Å². The summed E-state index contributed by atoms with van der Waals surface area (Å²) in [6.07, 6.45) is 0.747. The molecule has 0 fully saturated rings. The Kier molecular flexibility index (Phi) is 3.37. The number of ether oxygens (including phenoxy) is 1. The van der Waals surface area contributed by atoms with Crippen LogP contribution in [0.1, 0.15) is 15.9 Å². The number of hydrogen-bond donors (Lipinski definition) is 1. The van der Waals surface area contributed by atoms with Crippen LogP contribution in [0.15, 0.2) is 48.5 Å². The molecule has 1 heterocycles. The Morgan fingerprint density at radius 2 is 1.95 bits per heavy atom. The van der Waals surface area contributed by atoms with E-state index in [2.05, 4.69) is 5.32 Å². The molecule has 1 aliphatic rings. The molecule has 4 heteroatoms. The van der Waals surface area contributed by atoms with E-state index in [0.29, 0.717) is 12.1 Å². The average Bonchev–Trinajstić information content (AvgIpc) is 2.88. The zero-order chi connectivity index (χ0) is 13.9. The quantitative estimate of drug-likeness (QED) is 0.931. The minimum atomic E-state index is -0.351. The fraction of sp³-hybridized carbons (Fsp3) is 0.188. The molecule has 0 saturated heterocycles. The second-order valence-electron chi connectivity index (χ2n) is 4.77. The summed E-state index contributed by atoms with van der Waals surface area (Å²) in [7, 11) is 0. The highest BCUT2D eigenvalue weighted by Crippen LogP contribution is 2.27. The van der Waals surface area contributed by atoms with E-state index >= 15 is 0 Å². The van der Waals surface area contributed by atoms with Gasteiger partial charge in [0.1, 0.15) is 17.7 Å². The lowest BCUT2D eigenvalue weighted by Crippen LogP contribution is -2.34. The van der Waals surface area contributed by atoms with Gasteiger partial charge >= 0.3 is 0 Å². The summed E-state index contributed by atoms with van der Waals surface area (Å²) >= 11 is 0. The Balaban J connectivity index is 1.56. The molecular weight excluding hydrogens is 257 g/mol. The van der Waals surface area contributed by atoms with Crippen molar-refractivity contribution < 1.29 is 13.9 Å². The first-order valence-corrected chi connectivity index (χ1v) is 6.51. The number of nitrogens with one attached hydrogen (secondary N) is 1. The molecule has 20 heavy (non-hydrogen) atoms. The Hall–Kier alpha value is -2.36. The van der Waals surface area contributed by atoms with Crippen LogP contribution in [0, 0.1) is 5.82 Å². The van der Waals surface area contributed by atoms with E-state index in [1.54, 1.807) is 0 Å². The van der Waals surface area contributed by atoms with Crippen LogP contribution < -0.4 is 10.1 Å². The van der Waals surface area contributed by atoms with Crippen molar-refractivity contribution in [1.82, 2.24) is 5.32 Å². The number of rotatable bonds is 3. The fourth-order valence-corrected chi connectivity index (χ4v) is 2.28. The molecule has 2 aromatic rings. The van der Waals surface area contributed by atoms with E-state index in [-0.39, 0.29) is 17.8 Å². The molecule has 1 aliphatic heterocycles. The first-order chi connectivity index (χ1) is 9.72. The van der Waals surface area contributed by atoms with Crippen LogP contribution in [-0.4, -0.2) is 18.6 Å². The maximum Gasteiger partial charge on any atom is 0.251 e. The molecule has 2 aromatic carbocycles. The van der Waals surface area contributed by atoms with Crippen molar-refractivity contribution in [2.75, 3.05) is 6.54 Å². The maximum atomic E-state index is 12.8. The molecule has 0 aliphatic carbocycles. The lowest BCUT2D eigenvalue weighted by Gasteiger charge is -2.11. The predicted octanol–water partition coefficient (Wildman–Crippen LogP) is 2.56. The number of para-hydroxylation sites is 1. The van der Waals surface area contributed by atoms with Crippen molar-refractivity contribution in [2.45, 2.75) is 12.5 Å². The van der Waals surface area contributed by atoms with Gasteiger partial charge in [0.2, 0.25) is 0 Å². The van der Waals surface area contributed by atoms with Gasteiger partial charge in [-0.2, -0.15) is 0 Å². The summed E-state index contributed by atoms with van der Waals surface area (Å²) in [6, 6.07) is 13.3. The van der Waals surface area contributed by atoms with Crippen LogP contribution in [0.5, 0.6) is 5.75 Å². The first-order valence-electron chi connectivity index (χ1n) is 6.51. The lowest BCUT2D eigenvalue weighted by molar-refractivity contribution is 0.0933. The third-order valence-electron chi connectivity index (χ3n) is 3.31.